The maximum Gasteiger partial charge on any atom is 0.206 e. The first-order chi connectivity index (χ1) is 6.02. The van der Waals surface area contributed by atoms with E-state index in [0.29, 0.717) is 5.71 Å². The monoisotopic (exact) mass is 362 g/mol. The normalized spacial score (nSPS) is 9.19. The van der Waals surface area contributed by atoms with Crippen molar-refractivity contribution in [2.45, 2.75) is 6.92 Å². The molecule has 0 bridgehead atoms. The summed E-state index contributed by atoms with van der Waals surface area (Å²) in [5.41, 5.74) is 14.8. The van der Waals surface area contributed by atoms with Gasteiger partial charge in [-0.15, -0.1) is 34.0 Å². The highest BCUT2D eigenvalue weighted by Gasteiger charge is 1.85. The standard InChI is InChI=1S/C5H12N8.2BrH.H2O/c1-3(11-13-5(8)9)2-10-12-4(6)7;;;/h2H,1H3,(H4,6,7,12)(H4,8,9,13);2*1H;1H2. The number of nitrogens with two attached hydrogens (primary N) is 2. The van der Waals surface area contributed by atoms with Gasteiger partial charge in [-0.1, -0.05) is 0 Å². The third kappa shape index (κ3) is 18.6. The van der Waals surface area contributed by atoms with Crippen LogP contribution in [0.15, 0.2) is 10.2 Å². The molecule has 0 fully saturated rings. The molecule has 0 radical (unpaired) electrons. The van der Waals surface area contributed by atoms with Crippen LogP contribution in [-0.4, -0.2) is 29.3 Å². The minimum atomic E-state index is -0.261. The van der Waals surface area contributed by atoms with Gasteiger partial charge in [0.1, 0.15) is 0 Å². The SMILES string of the molecule is Br.Br.CC(C=NNC(=N)N)=NNC(=N)N.O. The minimum absolute atomic E-state index is 0. The summed E-state index contributed by atoms with van der Waals surface area (Å²) in [6.45, 7) is 1.64. The molecule has 0 heterocycles. The van der Waals surface area contributed by atoms with Crippen LogP contribution in [0.5, 0.6) is 0 Å². The molecule has 16 heavy (non-hydrogen) atoms. The van der Waals surface area contributed by atoms with Gasteiger partial charge < -0.3 is 16.9 Å². The number of rotatable bonds is 3. The van der Waals surface area contributed by atoms with Crippen molar-refractivity contribution in [2.75, 3.05) is 0 Å². The Morgan fingerprint density at radius 2 is 1.56 bits per heavy atom. The van der Waals surface area contributed by atoms with Crippen LogP contribution in [0.4, 0.5) is 0 Å². The molecule has 10 N–H and O–H groups in total. The molecule has 96 valence electrons. The summed E-state index contributed by atoms with van der Waals surface area (Å²) in [6.07, 6.45) is 1.33. The van der Waals surface area contributed by atoms with Crippen molar-refractivity contribution in [3.05, 3.63) is 0 Å². The average molecular weight is 364 g/mol. The topological polar surface area (TPSA) is 180 Å². The Bertz CT molecular complexity index is 265. The third-order valence-corrected chi connectivity index (χ3v) is 0.789. The molecule has 9 nitrogen and oxygen atoms in total. The van der Waals surface area contributed by atoms with Gasteiger partial charge in [0.15, 0.2) is 0 Å². The smallest absolute Gasteiger partial charge is 0.206 e. The van der Waals surface area contributed by atoms with Crippen molar-refractivity contribution in [2.24, 2.45) is 21.7 Å². The highest BCUT2D eigenvalue weighted by molar-refractivity contribution is 8.93. The molecule has 0 aliphatic rings. The lowest BCUT2D eigenvalue weighted by atomic mass is 10.5. The Kier molecular flexibility index (Phi) is 20.8. The molecule has 0 atom stereocenters. The molecule has 0 unspecified atom stereocenters. The second-order valence-corrected chi connectivity index (χ2v) is 2.06. The van der Waals surface area contributed by atoms with Crippen molar-refractivity contribution in [3.63, 3.8) is 0 Å². The number of guanidine groups is 2. The molecule has 0 aliphatic carbocycles. The van der Waals surface area contributed by atoms with E-state index in [4.69, 9.17) is 22.3 Å². The second kappa shape index (κ2) is 13.8. The summed E-state index contributed by atoms with van der Waals surface area (Å²) in [5.74, 6) is -0.518. The van der Waals surface area contributed by atoms with Crippen LogP contribution in [-0.2, 0) is 0 Å². The molecule has 0 rings (SSSR count). The predicted octanol–water partition coefficient (Wildman–Crippen LogP) is -1.35. The van der Waals surface area contributed by atoms with E-state index in [9.17, 15) is 0 Å². The molecular formula is C5H16Br2N8O. The Morgan fingerprint density at radius 3 is 1.94 bits per heavy atom. The van der Waals surface area contributed by atoms with E-state index in [1.807, 2.05) is 0 Å². The lowest BCUT2D eigenvalue weighted by Crippen LogP contribution is -2.27. The summed E-state index contributed by atoms with van der Waals surface area (Å²) in [6, 6.07) is 0. The van der Waals surface area contributed by atoms with E-state index < -0.39 is 0 Å². The van der Waals surface area contributed by atoms with E-state index in [1.165, 1.54) is 6.21 Å². The van der Waals surface area contributed by atoms with E-state index in [2.05, 4.69) is 21.1 Å². The van der Waals surface area contributed by atoms with Gasteiger partial charge in [-0.3, -0.25) is 10.8 Å². The number of nitrogens with one attached hydrogen (secondary N) is 4. The zero-order valence-corrected chi connectivity index (χ0v) is 11.9. The molecule has 11 heteroatoms. The van der Waals surface area contributed by atoms with E-state index >= 15 is 0 Å². The van der Waals surface area contributed by atoms with Gasteiger partial charge in [-0.05, 0) is 6.92 Å². The van der Waals surface area contributed by atoms with Crippen LogP contribution >= 0.6 is 34.0 Å². The van der Waals surface area contributed by atoms with Crippen LogP contribution in [0.3, 0.4) is 0 Å². The van der Waals surface area contributed by atoms with Gasteiger partial charge in [-0.2, -0.15) is 10.2 Å². The number of nitrogens with zero attached hydrogens (tertiary/aromatic N) is 2. The van der Waals surface area contributed by atoms with Crippen LogP contribution in [0.25, 0.3) is 0 Å². The predicted molar refractivity (Wildman–Crippen MR) is 76.0 cm³/mol. The Morgan fingerprint density at radius 1 is 1.12 bits per heavy atom. The number of halogens is 2. The summed E-state index contributed by atoms with van der Waals surface area (Å²) in [5, 5.41) is 20.7. The zero-order valence-electron chi connectivity index (χ0n) is 8.44. The largest absolute Gasteiger partial charge is 0.412 e. The Labute approximate surface area is 114 Å². The molecule has 0 aromatic heterocycles. The Balaban J connectivity index is -0.000000240. The zero-order chi connectivity index (χ0) is 10.3. The van der Waals surface area contributed by atoms with Crippen molar-refractivity contribution >= 4 is 57.8 Å². The van der Waals surface area contributed by atoms with Crippen LogP contribution < -0.4 is 22.3 Å². The summed E-state index contributed by atoms with van der Waals surface area (Å²) >= 11 is 0. The van der Waals surface area contributed by atoms with E-state index in [0.717, 1.165) is 0 Å². The van der Waals surface area contributed by atoms with Gasteiger partial charge in [-0.25, -0.2) is 10.9 Å². The van der Waals surface area contributed by atoms with E-state index in [-0.39, 0.29) is 51.4 Å². The minimum Gasteiger partial charge on any atom is -0.412 e. The average Bonchev–Trinajstić information content (AvgIpc) is 2.00. The maximum atomic E-state index is 6.78. The van der Waals surface area contributed by atoms with Crippen LogP contribution in [0.1, 0.15) is 6.92 Å². The highest BCUT2D eigenvalue weighted by atomic mass is 79.9. The third-order valence-electron chi connectivity index (χ3n) is 0.789. The van der Waals surface area contributed by atoms with Crippen molar-refractivity contribution in [1.29, 1.82) is 10.8 Å². The molecule has 0 aromatic rings. The number of hydrazone groups is 2. The van der Waals surface area contributed by atoms with Crippen molar-refractivity contribution in [3.8, 4) is 0 Å². The summed E-state index contributed by atoms with van der Waals surface area (Å²) in [4.78, 5) is 0. The fraction of sp³-hybridized carbons (Fsp3) is 0.200. The molecule has 0 aromatic carbocycles. The van der Waals surface area contributed by atoms with Gasteiger partial charge in [0.05, 0.1) is 11.9 Å². The van der Waals surface area contributed by atoms with Crippen molar-refractivity contribution in [1.82, 2.24) is 10.9 Å². The van der Waals surface area contributed by atoms with Gasteiger partial charge in [0.25, 0.3) is 0 Å². The van der Waals surface area contributed by atoms with Gasteiger partial charge in [0, 0.05) is 0 Å². The quantitative estimate of drug-likeness (QED) is 0.206. The van der Waals surface area contributed by atoms with Gasteiger partial charge >= 0.3 is 0 Å². The fourth-order valence-electron chi connectivity index (χ4n) is 0.373. The van der Waals surface area contributed by atoms with Crippen LogP contribution in [0.2, 0.25) is 0 Å². The summed E-state index contributed by atoms with van der Waals surface area (Å²) in [7, 11) is 0. The molecule has 0 spiro atoms. The van der Waals surface area contributed by atoms with E-state index in [1.54, 1.807) is 6.92 Å². The molecule has 0 aliphatic heterocycles. The fourth-order valence-corrected chi connectivity index (χ4v) is 0.373. The first-order valence-electron chi connectivity index (χ1n) is 3.30. The Hall–Kier alpha value is -1.20. The molecular weight excluding hydrogens is 348 g/mol. The first kappa shape index (κ1) is 24.2. The highest BCUT2D eigenvalue weighted by Crippen LogP contribution is 1.68. The second-order valence-electron chi connectivity index (χ2n) is 2.06. The maximum absolute atomic E-state index is 6.78. The van der Waals surface area contributed by atoms with Crippen molar-refractivity contribution < 1.29 is 5.48 Å². The molecule has 0 saturated heterocycles. The first-order valence-corrected chi connectivity index (χ1v) is 3.30. The molecule has 0 saturated carbocycles. The molecule has 0 amide bonds. The summed E-state index contributed by atoms with van der Waals surface area (Å²) < 4.78 is 0. The lowest BCUT2D eigenvalue weighted by molar-refractivity contribution is 0.824. The van der Waals surface area contributed by atoms with Crippen LogP contribution in [0, 0.1) is 10.8 Å². The number of hydrogen-bond donors (Lipinski definition) is 6. The number of hydrogen-bond acceptors (Lipinski definition) is 4. The van der Waals surface area contributed by atoms with Gasteiger partial charge in [0.2, 0.25) is 11.9 Å². The lowest BCUT2D eigenvalue weighted by Gasteiger charge is -1.96.